The minimum Gasteiger partial charge on any atom is -0.463 e. The van der Waals surface area contributed by atoms with Crippen LogP contribution in [0.25, 0.3) is 10.9 Å². The largest absolute Gasteiger partial charge is 0.463 e. The van der Waals surface area contributed by atoms with Crippen molar-refractivity contribution in [2.45, 2.75) is 13.5 Å². The minimum absolute atomic E-state index is 0.295. The van der Waals surface area contributed by atoms with Crippen molar-refractivity contribution < 1.29 is 9.53 Å². The number of rotatable bonds is 4. The maximum Gasteiger partial charge on any atom is 0.330 e. The second-order valence-electron chi connectivity index (χ2n) is 3.83. The van der Waals surface area contributed by atoms with Crippen LogP contribution in [0.4, 0.5) is 0 Å². The number of hydrogen-bond acceptors (Lipinski definition) is 2. The molecule has 0 N–H and O–H groups in total. The Morgan fingerprint density at radius 3 is 3.06 bits per heavy atom. The van der Waals surface area contributed by atoms with Crippen LogP contribution in [0.3, 0.4) is 0 Å². The number of carbonyl (C=O) groups is 1. The highest BCUT2D eigenvalue weighted by Crippen LogP contribution is 2.20. The number of hydrogen-bond donors (Lipinski definition) is 0. The van der Waals surface area contributed by atoms with Gasteiger partial charge >= 0.3 is 5.97 Å². The van der Waals surface area contributed by atoms with Crippen LogP contribution in [-0.2, 0) is 16.1 Å². The molecule has 0 atom stereocenters. The third-order valence-corrected chi connectivity index (χ3v) is 3.07. The molecular weight excluding hydrogens is 294 g/mol. The summed E-state index contributed by atoms with van der Waals surface area (Å²) < 4.78 is 7.97. The van der Waals surface area contributed by atoms with E-state index in [9.17, 15) is 4.79 Å². The SMILES string of the molecule is CCOC(=O)/C=C/Cn1ccc2cc(Br)ccc21. The number of fused-ring (bicyclic) bond motifs is 1. The van der Waals surface area contributed by atoms with Crippen LogP contribution >= 0.6 is 15.9 Å². The van der Waals surface area contributed by atoms with E-state index in [2.05, 4.69) is 38.7 Å². The second kappa shape index (κ2) is 5.87. The lowest BCUT2D eigenvalue weighted by Crippen LogP contribution is -2.00. The zero-order valence-electron chi connectivity index (χ0n) is 10.1. The Morgan fingerprint density at radius 1 is 1.44 bits per heavy atom. The molecule has 0 bridgehead atoms. The van der Waals surface area contributed by atoms with E-state index in [0.29, 0.717) is 13.2 Å². The molecular formula is C14H14BrNO2. The summed E-state index contributed by atoms with van der Waals surface area (Å²) in [4.78, 5) is 11.2. The van der Waals surface area contributed by atoms with Gasteiger partial charge in [0.2, 0.25) is 0 Å². The van der Waals surface area contributed by atoms with Gasteiger partial charge in [-0.2, -0.15) is 0 Å². The number of allylic oxidation sites excluding steroid dienone is 1. The van der Waals surface area contributed by atoms with Crippen LogP contribution in [0, 0.1) is 0 Å². The molecule has 1 aromatic heterocycles. The molecule has 4 heteroatoms. The lowest BCUT2D eigenvalue weighted by molar-refractivity contribution is -0.137. The van der Waals surface area contributed by atoms with Gasteiger partial charge < -0.3 is 9.30 Å². The van der Waals surface area contributed by atoms with E-state index < -0.39 is 0 Å². The Bertz CT molecular complexity index is 586. The fourth-order valence-electron chi connectivity index (χ4n) is 1.78. The Balaban J connectivity index is 2.10. The van der Waals surface area contributed by atoms with Crippen molar-refractivity contribution >= 4 is 32.8 Å². The number of carbonyl (C=O) groups excluding carboxylic acids is 1. The van der Waals surface area contributed by atoms with Gasteiger partial charge in [0.05, 0.1) is 6.61 Å². The number of halogens is 1. The fraction of sp³-hybridized carbons (Fsp3) is 0.214. The molecule has 1 aromatic carbocycles. The number of esters is 1. The molecule has 0 aliphatic rings. The average molecular weight is 308 g/mol. The zero-order valence-corrected chi connectivity index (χ0v) is 11.7. The number of ether oxygens (including phenoxy) is 1. The first-order valence-corrected chi connectivity index (χ1v) is 6.57. The Kier molecular flexibility index (Phi) is 4.20. The van der Waals surface area contributed by atoms with Crippen LogP contribution in [-0.4, -0.2) is 17.1 Å². The number of aromatic nitrogens is 1. The summed E-state index contributed by atoms with van der Waals surface area (Å²) in [5, 5.41) is 1.17. The van der Waals surface area contributed by atoms with Crippen LogP contribution in [0.1, 0.15) is 6.92 Å². The van der Waals surface area contributed by atoms with Gasteiger partial charge in [-0.25, -0.2) is 4.79 Å². The zero-order chi connectivity index (χ0) is 13.0. The summed E-state index contributed by atoms with van der Waals surface area (Å²) in [7, 11) is 0. The van der Waals surface area contributed by atoms with E-state index in [4.69, 9.17) is 4.74 Å². The van der Waals surface area contributed by atoms with E-state index in [1.165, 1.54) is 11.5 Å². The van der Waals surface area contributed by atoms with Gasteiger partial charge in [0.1, 0.15) is 0 Å². The van der Waals surface area contributed by atoms with Gasteiger partial charge in [0.25, 0.3) is 0 Å². The van der Waals surface area contributed by atoms with Gasteiger partial charge in [-0.05, 0) is 31.2 Å². The highest BCUT2D eigenvalue weighted by Gasteiger charge is 2.00. The van der Waals surface area contributed by atoms with Crippen molar-refractivity contribution in [2.75, 3.05) is 6.61 Å². The normalized spacial score (nSPS) is 11.2. The first-order chi connectivity index (χ1) is 8.70. The van der Waals surface area contributed by atoms with Gasteiger partial charge in [-0.15, -0.1) is 0 Å². The lowest BCUT2D eigenvalue weighted by Gasteiger charge is -2.01. The molecule has 0 amide bonds. The van der Waals surface area contributed by atoms with E-state index in [1.807, 2.05) is 12.3 Å². The predicted octanol–water partition coefficient (Wildman–Crippen LogP) is 3.52. The number of benzene rings is 1. The van der Waals surface area contributed by atoms with Crippen molar-refractivity contribution in [3.63, 3.8) is 0 Å². The van der Waals surface area contributed by atoms with Crippen LogP contribution in [0.2, 0.25) is 0 Å². The Morgan fingerprint density at radius 2 is 2.28 bits per heavy atom. The monoisotopic (exact) mass is 307 g/mol. The molecule has 0 aliphatic heterocycles. The summed E-state index contributed by atoms with van der Waals surface area (Å²) in [6, 6.07) is 8.19. The summed E-state index contributed by atoms with van der Waals surface area (Å²) >= 11 is 3.45. The van der Waals surface area contributed by atoms with E-state index in [1.54, 1.807) is 13.0 Å². The third kappa shape index (κ3) is 3.01. The molecule has 1 heterocycles. The molecule has 2 aromatic rings. The molecule has 94 valence electrons. The molecule has 3 nitrogen and oxygen atoms in total. The fourth-order valence-corrected chi connectivity index (χ4v) is 2.16. The van der Waals surface area contributed by atoms with Gasteiger partial charge in [-0.3, -0.25) is 0 Å². The molecule has 0 aliphatic carbocycles. The van der Waals surface area contributed by atoms with Crippen molar-refractivity contribution in [3.8, 4) is 0 Å². The van der Waals surface area contributed by atoms with E-state index in [0.717, 1.165) is 9.99 Å². The molecule has 2 rings (SSSR count). The summed E-state index contributed by atoms with van der Waals surface area (Å²) in [5.41, 5.74) is 1.15. The van der Waals surface area contributed by atoms with Crippen molar-refractivity contribution in [2.24, 2.45) is 0 Å². The first-order valence-electron chi connectivity index (χ1n) is 5.78. The predicted molar refractivity (Wildman–Crippen MR) is 75.4 cm³/mol. The van der Waals surface area contributed by atoms with Crippen LogP contribution in [0.5, 0.6) is 0 Å². The summed E-state index contributed by atoms with van der Waals surface area (Å²) in [6.07, 6.45) is 5.28. The van der Waals surface area contributed by atoms with E-state index >= 15 is 0 Å². The van der Waals surface area contributed by atoms with Gasteiger partial charge in [-0.1, -0.05) is 22.0 Å². The maximum absolute atomic E-state index is 11.2. The first kappa shape index (κ1) is 12.9. The van der Waals surface area contributed by atoms with Gasteiger partial charge in [0, 0.05) is 34.2 Å². The molecule has 0 unspecified atom stereocenters. The smallest absolute Gasteiger partial charge is 0.330 e. The van der Waals surface area contributed by atoms with Crippen molar-refractivity contribution in [1.29, 1.82) is 0 Å². The second-order valence-corrected chi connectivity index (χ2v) is 4.74. The van der Waals surface area contributed by atoms with Crippen molar-refractivity contribution in [1.82, 2.24) is 4.57 Å². The Labute approximate surface area is 114 Å². The molecule has 0 spiro atoms. The van der Waals surface area contributed by atoms with E-state index in [-0.39, 0.29) is 5.97 Å². The average Bonchev–Trinajstić information content (AvgIpc) is 2.72. The minimum atomic E-state index is -0.295. The standard InChI is InChI=1S/C14H14BrNO2/c1-2-18-14(17)4-3-8-16-9-7-11-10-12(15)5-6-13(11)16/h3-7,9-10H,2,8H2,1H3/b4-3+. The maximum atomic E-state index is 11.2. The Hall–Kier alpha value is -1.55. The summed E-state index contributed by atoms with van der Waals surface area (Å²) in [6.45, 7) is 2.86. The van der Waals surface area contributed by atoms with Crippen LogP contribution < -0.4 is 0 Å². The highest BCUT2D eigenvalue weighted by molar-refractivity contribution is 9.10. The topological polar surface area (TPSA) is 31.2 Å². The molecule has 0 fully saturated rings. The molecule has 0 radical (unpaired) electrons. The molecule has 0 saturated carbocycles. The quantitative estimate of drug-likeness (QED) is 0.639. The van der Waals surface area contributed by atoms with Gasteiger partial charge in [0.15, 0.2) is 0 Å². The third-order valence-electron chi connectivity index (χ3n) is 2.58. The molecule has 0 saturated heterocycles. The van der Waals surface area contributed by atoms with Crippen molar-refractivity contribution in [3.05, 3.63) is 47.1 Å². The lowest BCUT2D eigenvalue weighted by atomic mass is 10.2. The molecule has 18 heavy (non-hydrogen) atoms. The van der Waals surface area contributed by atoms with Crippen LogP contribution in [0.15, 0.2) is 47.1 Å². The highest BCUT2D eigenvalue weighted by atomic mass is 79.9. The number of nitrogens with zero attached hydrogens (tertiary/aromatic N) is 1. The summed E-state index contributed by atoms with van der Waals surface area (Å²) in [5.74, 6) is -0.295.